The lowest BCUT2D eigenvalue weighted by molar-refractivity contribution is 0.238. The van der Waals surface area contributed by atoms with Crippen LogP contribution in [0.5, 0.6) is 0 Å². The van der Waals surface area contributed by atoms with Gasteiger partial charge in [-0.25, -0.2) is 9.44 Å². The topological polar surface area (TPSA) is 70.2 Å². The molecule has 1 aliphatic heterocycles. The van der Waals surface area contributed by atoms with Gasteiger partial charge in [0.1, 0.15) is 0 Å². The van der Waals surface area contributed by atoms with Crippen molar-refractivity contribution in [1.29, 1.82) is 0 Å². The average Bonchev–Trinajstić information content (AvgIpc) is 2.25. The van der Waals surface area contributed by atoms with Crippen LogP contribution in [0.25, 0.3) is 0 Å². The predicted octanol–water partition coefficient (Wildman–Crippen LogP) is 0.632. The molecule has 1 heterocycles. The summed E-state index contributed by atoms with van der Waals surface area (Å²) >= 11 is 0. The Hall–Kier alpha value is 0.120. The van der Waals surface area contributed by atoms with Crippen molar-refractivity contribution in [3.05, 3.63) is 0 Å². The molecule has 1 aliphatic rings. The van der Waals surface area contributed by atoms with Crippen LogP contribution in [-0.4, -0.2) is 34.6 Å². The van der Waals surface area contributed by atoms with Gasteiger partial charge in [-0.1, -0.05) is 13.8 Å². The maximum Gasteiger partial charge on any atom is 0.276 e. The van der Waals surface area contributed by atoms with E-state index < -0.39 is 10.2 Å². The van der Waals surface area contributed by atoms with E-state index in [1.165, 1.54) is 0 Å². The Morgan fingerprint density at radius 3 is 2.59 bits per heavy atom. The van der Waals surface area contributed by atoms with Crippen LogP contribution in [0.3, 0.4) is 0 Å². The van der Waals surface area contributed by atoms with Gasteiger partial charge in [0.15, 0.2) is 0 Å². The highest BCUT2D eigenvalue weighted by Gasteiger charge is 2.27. The molecule has 1 saturated heterocycles. The quantitative estimate of drug-likeness (QED) is 0.670. The van der Waals surface area contributed by atoms with Crippen LogP contribution in [0, 0.1) is 5.41 Å². The number of piperidine rings is 1. The Labute approximate surface area is 111 Å². The van der Waals surface area contributed by atoms with Gasteiger partial charge in [0, 0.05) is 19.6 Å². The highest BCUT2D eigenvalue weighted by atomic mass is 35.5. The van der Waals surface area contributed by atoms with Gasteiger partial charge in [-0.2, -0.15) is 8.42 Å². The zero-order chi connectivity index (χ0) is 12.1. The maximum absolute atomic E-state index is 11.5. The van der Waals surface area contributed by atoms with E-state index in [-0.39, 0.29) is 17.8 Å². The molecule has 7 heteroatoms. The lowest BCUT2D eigenvalue weighted by atomic mass is 9.83. The molecule has 0 bridgehead atoms. The van der Waals surface area contributed by atoms with Gasteiger partial charge in [-0.15, -0.1) is 12.4 Å². The van der Waals surface area contributed by atoms with Gasteiger partial charge >= 0.3 is 0 Å². The first kappa shape index (κ1) is 17.1. The standard InChI is InChI=1S/C10H23N3O2S.ClH/c1-3-6-12-16(14,15)13-9-10(2)5-4-7-11-8-10;/h11-13H,3-9H2,1-2H3;1H. The second-order valence-corrected chi connectivity index (χ2v) is 6.39. The molecule has 0 spiro atoms. The van der Waals surface area contributed by atoms with Crippen LogP contribution in [-0.2, 0) is 10.2 Å². The smallest absolute Gasteiger partial charge is 0.276 e. The Balaban J connectivity index is 0.00000256. The summed E-state index contributed by atoms with van der Waals surface area (Å²) in [6.45, 7) is 6.96. The molecule has 1 unspecified atom stereocenters. The molecule has 104 valence electrons. The first-order valence-electron chi connectivity index (χ1n) is 5.92. The zero-order valence-electron chi connectivity index (χ0n) is 10.6. The SMILES string of the molecule is CCCNS(=O)(=O)NCC1(C)CCCNC1.Cl. The summed E-state index contributed by atoms with van der Waals surface area (Å²) in [5.74, 6) is 0. The third-order valence-corrected chi connectivity index (χ3v) is 4.03. The molecule has 0 aromatic carbocycles. The van der Waals surface area contributed by atoms with Crippen molar-refractivity contribution in [3.8, 4) is 0 Å². The van der Waals surface area contributed by atoms with E-state index in [1.807, 2.05) is 6.92 Å². The van der Waals surface area contributed by atoms with Crippen molar-refractivity contribution < 1.29 is 8.42 Å². The molecule has 1 rings (SSSR count). The van der Waals surface area contributed by atoms with Crippen molar-refractivity contribution >= 4 is 22.6 Å². The van der Waals surface area contributed by atoms with E-state index in [2.05, 4.69) is 21.7 Å². The van der Waals surface area contributed by atoms with Crippen LogP contribution in [0.4, 0.5) is 0 Å². The molecule has 1 atom stereocenters. The second-order valence-electron chi connectivity index (χ2n) is 4.81. The molecule has 0 radical (unpaired) electrons. The normalized spacial score (nSPS) is 25.3. The molecular weight excluding hydrogens is 262 g/mol. The Morgan fingerprint density at radius 1 is 1.35 bits per heavy atom. The van der Waals surface area contributed by atoms with Gasteiger partial charge < -0.3 is 5.32 Å². The zero-order valence-corrected chi connectivity index (χ0v) is 12.2. The molecule has 0 aromatic heterocycles. The van der Waals surface area contributed by atoms with Crippen LogP contribution in [0.1, 0.15) is 33.1 Å². The molecule has 3 N–H and O–H groups in total. The van der Waals surface area contributed by atoms with Crippen molar-refractivity contribution in [1.82, 2.24) is 14.8 Å². The third kappa shape index (κ3) is 6.57. The van der Waals surface area contributed by atoms with Gasteiger partial charge in [-0.3, -0.25) is 0 Å². The van der Waals surface area contributed by atoms with Crippen molar-refractivity contribution in [2.24, 2.45) is 5.41 Å². The second kappa shape index (κ2) is 7.53. The molecule has 5 nitrogen and oxygen atoms in total. The van der Waals surface area contributed by atoms with E-state index >= 15 is 0 Å². The monoisotopic (exact) mass is 285 g/mol. The molecule has 0 amide bonds. The lowest BCUT2D eigenvalue weighted by Crippen LogP contribution is -2.48. The maximum atomic E-state index is 11.5. The Bertz CT molecular complexity index is 303. The minimum Gasteiger partial charge on any atom is -0.316 e. The van der Waals surface area contributed by atoms with E-state index in [1.54, 1.807) is 0 Å². The van der Waals surface area contributed by atoms with Crippen LogP contribution < -0.4 is 14.8 Å². The fourth-order valence-electron chi connectivity index (χ4n) is 1.83. The molecule has 17 heavy (non-hydrogen) atoms. The van der Waals surface area contributed by atoms with E-state index in [9.17, 15) is 8.42 Å². The Kier molecular flexibility index (Phi) is 7.58. The number of hydrogen-bond acceptors (Lipinski definition) is 3. The lowest BCUT2D eigenvalue weighted by Gasteiger charge is -2.34. The minimum absolute atomic E-state index is 0. The molecular formula is C10H24ClN3O2S. The van der Waals surface area contributed by atoms with Crippen molar-refractivity contribution in [3.63, 3.8) is 0 Å². The van der Waals surface area contributed by atoms with Gasteiger partial charge in [-0.05, 0) is 31.2 Å². The summed E-state index contributed by atoms with van der Waals surface area (Å²) in [4.78, 5) is 0. The summed E-state index contributed by atoms with van der Waals surface area (Å²) in [7, 11) is -3.31. The minimum atomic E-state index is -3.31. The van der Waals surface area contributed by atoms with Crippen LogP contribution in [0.15, 0.2) is 0 Å². The van der Waals surface area contributed by atoms with Gasteiger partial charge in [0.2, 0.25) is 0 Å². The van der Waals surface area contributed by atoms with Gasteiger partial charge in [0.05, 0.1) is 0 Å². The highest BCUT2D eigenvalue weighted by Crippen LogP contribution is 2.24. The Morgan fingerprint density at radius 2 is 2.06 bits per heavy atom. The van der Waals surface area contributed by atoms with E-state index in [0.717, 1.165) is 32.4 Å². The van der Waals surface area contributed by atoms with Crippen molar-refractivity contribution in [2.45, 2.75) is 33.1 Å². The molecule has 1 fully saturated rings. The highest BCUT2D eigenvalue weighted by molar-refractivity contribution is 7.87. The average molecular weight is 286 g/mol. The summed E-state index contributed by atoms with van der Waals surface area (Å²) in [6.07, 6.45) is 2.98. The van der Waals surface area contributed by atoms with Crippen LogP contribution in [0.2, 0.25) is 0 Å². The molecule has 0 aliphatic carbocycles. The number of hydrogen-bond donors (Lipinski definition) is 3. The fourth-order valence-corrected chi connectivity index (χ4v) is 2.94. The first-order valence-corrected chi connectivity index (χ1v) is 7.41. The first-order chi connectivity index (χ1) is 7.47. The summed E-state index contributed by atoms with van der Waals surface area (Å²) in [6, 6.07) is 0. The largest absolute Gasteiger partial charge is 0.316 e. The summed E-state index contributed by atoms with van der Waals surface area (Å²) in [5, 5.41) is 3.30. The van der Waals surface area contributed by atoms with Gasteiger partial charge in [0.25, 0.3) is 10.2 Å². The number of rotatable bonds is 6. The van der Waals surface area contributed by atoms with Crippen molar-refractivity contribution in [2.75, 3.05) is 26.2 Å². The summed E-state index contributed by atoms with van der Waals surface area (Å²) in [5.41, 5.74) is 0.0409. The molecule has 0 saturated carbocycles. The number of halogens is 1. The fraction of sp³-hybridized carbons (Fsp3) is 1.00. The summed E-state index contributed by atoms with van der Waals surface area (Å²) < 4.78 is 28.2. The van der Waals surface area contributed by atoms with Crippen LogP contribution >= 0.6 is 12.4 Å². The van der Waals surface area contributed by atoms with E-state index in [0.29, 0.717) is 13.1 Å². The number of nitrogens with one attached hydrogen (secondary N) is 3. The third-order valence-electron chi connectivity index (χ3n) is 2.92. The predicted molar refractivity (Wildman–Crippen MR) is 72.7 cm³/mol. The molecule has 0 aromatic rings. The van der Waals surface area contributed by atoms with E-state index in [4.69, 9.17) is 0 Å².